The second-order valence-electron chi connectivity index (χ2n) is 3.17. The molecule has 0 fully saturated rings. The summed E-state index contributed by atoms with van der Waals surface area (Å²) in [6, 6.07) is 7.87. The van der Waals surface area contributed by atoms with Crippen molar-refractivity contribution in [1.29, 1.82) is 0 Å². The van der Waals surface area contributed by atoms with Crippen LogP contribution in [-0.2, 0) is 0 Å². The van der Waals surface area contributed by atoms with Crippen molar-refractivity contribution in [3.63, 3.8) is 0 Å². The highest BCUT2D eigenvalue weighted by Crippen LogP contribution is 2.18. The van der Waals surface area contributed by atoms with Crippen LogP contribution < -0.4 is 0 Å². The lowest BCUT2D eigenvalue weighted by Gasteiger charge is -2.09. The molecule has 1 aromatic carbocycles. The van der Waals surface area contributed by atoms with Gasteiger partial charge in [-0.05, 0) is 18.9 Å². The molecule has 1 aromatic rings. The maximum atomic E-state index is 9.68. The van der Waals surface area contributed by atoms with Crippen molar-refractivity contribution < 1.29 is 5.11 Å². The largest absolute Gasteiger partial charge is 0.388 e. The zero-order valence-electron chi connectivity index (χ0n) is 7.83. The molecule has 0 saturated carbocycles. The number of terminal acetylenes is 1. The lowest BCUT2D eigenvalue weighted by atomic mass is 10.0. The van der Waals surface area contributed by atoms with Crippen LogP contribution in [0.1, 0.15) is 30.1 Å². The standard InChI is InChI=1S/C12H14O/c1-3-4-8-12(13)11-7-5-6-10(2)9-11/h1,5-7,9,12-13H,4,8H2,2H3. The van der Waals surface area contributed by atoms with E-state index in [9.17, 15) is 5.11 Å². The molecule has 0 bridgehead atoms. The average Bonchev–Trinajstić information content (AvgIpc) is 2.14. The minimum absolute atomic E-state index is 0.420. The number of aryl methyl sites for hydroxylation is 1. The van der Waals surface area contributed by atoms with Crippen LogP contribution in [0.4, 0.5) is 0 Å². The highest BCUT2D eigenvalue weighted by molar-refractivity contribution is 5.24. The number of rotatable bonds is 3. The second-order valence-corrected chi connectivity index (χ2v) is 3.17. The van der Waals surface area contributed by atoms with E-state index in [0.717, 1.165) is 11.1 Å². The second kappa shape index (κ2) is 4.69. The van der Waals surface area contributed by atoms with Gasteiger partial charge in [0.05, 0.1) is 6.10 Å². The van der Waals surface area contributed by atoms with Crippen molar-refractivity contribution in [2.24, 2.45) is 0 Å². The molecule has 0 amide bonds. The molecule has 1 rings (SSSR count). The van der Waals surface area contributed by atoms with E-state index < -0.39 is 6.10 Å². The summed E-state index contributed by atoms with van der Waals surface area (Å²) >= 11 is 0. The fraction of sp³-hybridized carbons (Fsp3) is 0.333. The van der Waals surface area contributed by atoms with Gasteiger partial charge in [-0.1, -0.05) is 29.8 Å². The Morgan fingerprint density at radius 3 is 2.92 bits per heavy atom. The van der Waals surface area contributed by atoms with Crippen LogP contribution in [0.15, 0.2) is 24.3 Å². The van der Waals surface area contributed by atoms with Crippen molar-refractivity contribution >= 4 is 0 Å². The van der Waals surface area contributed by atoms with Crippen LogP contribution in [0.2, 0.25) is 0 Å². The summed E-state index contributed by atoms with van der Waals surface area (Å²) in [7, 11) is 0. The van der Waals surface area contributed by atoms with Crippen LogP contribution in [0.3, 0.4) is 0 Å². The molecule has 1 unspecified atom stereocenters. The van der Waals surface area contributed by atoms with E-state index in [1.807, 2.05) is 31.2 Å². The number of aliphatic hydroxyl groups is 1. The first-order valence-electron chi connectivity index (χ1n) is 4.42. The molecule has 0 spiro atoms. The van der Waals surface area contributed by atoms with Gasteiger partial charge in [0.25, 0.3) is 0 Å². The van der Waals surface area contributed by atoms with E-state index in [2.05, 4.69) is 5.92 Å². The zero-order valence-corrected chi connectivity index (χ0v) is 7.83. The van der Waals surface area contributed by atoms with Crippen LogP contribution >= 0.6 is 0 Å². The summed E-state index contributed by atoms with van der Waals surface area (Å²) in [5.74, 6) is 2.52. The maximum absolute atomic E-state index is 9.68. The molecule has 1 atom stereocenters. The molecule has 13 heavy (non-hydrogen) atoms. The van der Waals surface area contributed by atoms with Gasteiger partial charge in [0.1, 0.15) is 0 Å². The SMILES string of the molecule is C#CCCC(O)c1cccc(C)c1. The van der Waals surface area contributed by atoms with E-state index in [4.69, 9.17) is 6.42 Å². The Morgan fingerprint density at radius 1 is 1.54 bits per heavy atom. The topological polar surface area (TPSA) is 20.2 Å². The molecule has 68 valence electrons. The van der Waals surface area contributed by atoms with Crippen molar-refractivity contribution in [3.05, 3.63) is 35.4 Å². The molecule has 1 N–H and O–H groups in total. The Labute approximate surface area is 79.4 Å². The first-order valence-corrected chi connectivity index (χ1v) is 4.42. The van der Waals surface area contributed by atoms with Crippen LogP contribution in [0.25, 0.3) is 0 Å². The third-order valence-corrected chi connectivity index (χ3v) is 1.99. The summed E-state index contributed by atoms with van der Waals surface area (Å²) in [5.41, 5.74) is 2.12. The Kier molecular flexibility index (Phi) is 3.54. The Balaban J connectivity index is 2.66. The molecular formula is C12H14O. The summed E-state index contributed by atoms with van der Waals surface area (Å²) in [6.45, 7) is 2.01. The van der Waals surface area contributed by atoms with Gasteiger partial charge < -0.3 is 5.11 Å². The van der Waals surface area contributed by atoms with Gasteiger partial charge in [0.15, 0.2) is 0 Å². The smallest absolute Gasteiger partial charge is 0.0799 e. The molecule has 0 radical (unpaired) electrons. The Hall–Kier alpha value is -1.26. The van der Waals surface area contributed by atoms with Crippen LogP contribution in [-0.4, -0.2) is 5.11 Å². The molecule has 1 heteroatoms. The maximum Gasteiger partial charge on any atom is 0.0799 e. The molecule has 1 nitrogen and oxygen atoms in total. The molecule has 0 saturated heterocycles. The van der Waals surface area contributed by atoms with E-state index in [1.165, 1.54) is 0 Å². The van der Waals surface area contributed by atoms with Gasteiger partial charge >= 0.3 is 0 Å². The average molecular weight is 174 g/mol. The van der Waals surface area contributed by atoms with E-state index in [1.54, 1.807) is 0 Å². The van der Waals surface area contributed by atoms with Crippen molar-refractivity contribution in [2.75, 3.05) is 0 Å². The predicted octanol–water partition coefficient (Wildman–Crippen LogP) is 2.44. The molecule has 0 heterocycles. The number of benzene rings is 1. The minimum atomic E-state index is -0.420. The summed E-state index contributed by atoms with van der Waals surface area (Å²) < 4.78 is 0. The summed E-state index contributed by atoms with van der Waals surface area (Å²) in [5, 5.41) is 9.68. The fourth-order valence-corrected chi connectivity index (χ4v) is 1.26. The molecule has 0 aliphatic carbocycles. The fourth-order valence-electron chi connectivity index (χ4n) is 1.26. The van der Waals surface area contributed by atoms with Crippen LogP contribution in [0.5, 0.6) is 0 Å². The van der Waals surface area contributed by atoms with Gasteiger partial charge in [0.2, 0.25) is 0 Å². The molecule has 0 aromatic heterocycles. The first kappa shape index (κ1) is 9.83. The lowest BCUT2D eigenvalue weighted by molar-refractivity contribution is 0.169. The summed E-state index contributed by atoms with van der Waals surface area (Å²) in [4.78, 5) is 0. The van der Waals surface area contributed by atoms with Gasteiger partial charge in [-0.2, -0.15) is 0 Å². The highest BCUT2D eigenvalue weighted by Gasteiger charge is 2.05. The van der Waals surface area contributed by atoms with Gasteiger partial charge in [-0.3, -0.25) is 0 Å². The quantitative estimate of drug-likeness (QED) is 0.698. The van der Waals surface area contributed by atoms with Gasteiger partial charge in [-0.25, -0.2) is 0 Å². The van der Waals surface area contributed by atoms with Crippen molar-refractivity contribution in [2.45, 2.75) is 25.9 Å². The number of hydrogen-bond donors (Lipinski definition) is 1. The lowest BCUT2D eigenvalue weighted by Crippen LogP contribution is -1.96. The number of aliphatic hydroxyl groups excluding tert-OH is 1. The van der Waals surface area contributed by atoms with E-state index in [0.29, 0.717) is 12.8 Å². The monoisotopic (exact) mass is 174 g/mol. The van der Waals surface area contributed by atoms with Crippen molar-refractivity contribution in [3.8, 4) is 12.3 Å². The Morgan fingerprint density at radius 2 is 2.31 bits per heavy atom. The molecule has 0 aliphatic rings. The first-order chi connectivity index (χ1) is 6.24. The molecule has 0 aliphatic heterocycles. The zero-order chi connectivity index (χ0) is 9.68. The highest BCUT2D eigenvalue weighted by atomic mass is 16.3. The third kappa shape index (κ3) is 2.93. The minimum Gasteiger partial charge on any atom is -0.388 e. The summed E-state index contributed by atoms with van der Waals surface area (Å²) in [6.07, 6.45) is 5.96. The van der Waals surface area contributed by atoms with Gasteiger partial charge in [0, 0.05) is 6.42 Å². The third-order valence-electron chi connectivity index (χ3n) is 1.99. The van der Waals surface area contributed by atoms with E-state index >= 15 is 0 Å². The normalized spacial score (nSPS) is 12.1. The predicted molar refractivity (Wildman–Crippen MR) is 54.2 cm³/mol. The Bertz CT molecular complexity index is 309. The van der Waals surface area contributed by atoms with Crippen molar-refractivity contribution in [1.82, 2.24) is 0 Å². The van der Waals surface area contributed by atoms with Crippen LogP contribution in [0, 0.1) is 19.3 Å². The molecular weight excluding hydrogens is 160 g/mol. The van der Waals surface area contributed by atoms with E-state index in [-0.39, 0.29) is 0 Å². The van der Waals surface area contributed by atoms with Gasteiger partial charge in [-0.15, -0.1) is 12.3 Å². The number of hydrogen-bond acceptors (Lipinski definition) is 1.